The molecule has 2 atom stereocenters. The lowest BCUT2D eigenvalue weighted by molar-refractivity contribution is 0.0702. The standard InChI is InChI=1S/C12H14BrNO5S2/c13-11-9(5-8(20-11)12(15)16)21(17,18)14-7-3-4-19-10(7)6-1-2-6/h5-7,10,14H,1-4H2,(H,15,16). The molecule has 2 aliphatic rings. The number of ether oxygens (including phenoxy) is 1. The van der Waals surface area contributed by atoms with E-state index in [0.29, 0.717) is 22.7 Å². The first-order chi connectivity index (χ1) is 9.88. The van der Waals surface area contributed by atoms with Gasteiger partial charge in [-0.05, 0) is 47.2 Å². The van der Waals surface area contributed by atoms with Crippen LogP contribution < -0.4 is 4.72 Å². The number of sulfonamides is 1. The lowest BCUT2D eigenvalue weighted by Gasteiger charge is -2.19. The summed E-state index contributed by atoms with van der Waals surface area (Å²) in [7, 11) is -3.76. The van der Waals surface area contributed by atoms with Gasteiger partial charge in [0, 0.05) is 6.61 Å². The first-order valence-corrected chi connectivity index (χ1v) is 9.64. The molecule has 1 aromatic rings. The van der Waals surface area contributed by atoms with Crippen LogP contribution in [0, 0.1) is 5.92 Å². The van der Waals surface area contributed by atoms with Gasteiger partial charge in [0.25, 0.3) is 0 Å². The molecular formula is C12H14BrNO5S2. The number of carboxylic acid groups (broad SMARTS) is 1. The van der Waals surface area contributed by atoms with E-state index in [-0.39, 0.29) is 21.9 Å². The van der Waals surface area contributed by atoms with E-state index < -0.39 is 16.0 Å². The maximum Gasteiger partial charge on any atom is 0.345 e. The normalized spacial score (nSPS) is 26.1. The van der Waals surface area contributed by atoms with Crippen molar-refractivity contribution in [1.29, 1.82) is 0 Å². The minimum atomic E-state index is -3.76. The largest absolute Gasteiger partial charge is 0.477 e. The molecule has 0 bridgehead atoms. The molecule has 0 radical (unpaired) electrons. The predicted octanol–water partition coefficient (Wildman–Crippen LogP) is 2.05. The topological polar surface area (TPSA) is 92.7 Å². The van der Waals surface area contributed by atoms with E-state index >= 15 is 0 Å². The van der Waals surface area contributed by atoms with Crippen molar-refractivity contribution in [1.82, 2.24) is 4.72 Å². The summed E-state index contributed by atoms with van der Waals surface area (Å²) in [6.07, 6.45) is 2.74. The van der Waals surface area contributed by atoms with Gasteiger partial charge in [0.1, 0.15) is 9.77 Å². The molecule has 2 unspecified atom stereocenters. The van der Waals surface area contributed by atoms with Gasteiger partial charge >= 0.3 is 5.97 Å². The Morgan fingerprint density at radius 3 is 2.71 bits per heavy atom. The van der Waals surface area contributed by atoms with E-state index in [0.717, 1.165) is 24.2 Å². The van der Waals surface area contributed by atoms with Crippen LogP contribution in [0.3, 0.4) is 0 Å². The van der Waals surface area contributed by atoms with E-state index in [1.165, 1.54) is 6.07 Å². The van der Waals surface area contributed by atoms with E-state index in [2.05, 4.69) is 20.7 Å². The van der Waals surface area contributed by atoms with Gasteiger partial charge in [0.05, 0.1) is 15.9 Å². The zero-order valence-electron chi connectivity index (χ0n) is 10.9. The van der Waals surface area contributed by atoms with E-state index in [1.807, 2.05) is 0 Å². The summed E-state index contributed by atoms with van der Waals surface area (Å²) in [5.41, 5.74) is 0. The smallest absolute Gasteiger partial charge is 0.345 e. The zero-order valence-corrected chi connectivity index (χ0v) is 14.1. The molecule has 0 spiro atoms. The van der Waals surface area contributed by atoms with Crippen molar-refractivity contribution in [2.24, 2.45) is 5.92 Å². The molecule has 1 aliphatic carbocycles. The van der Waals surface area contributed by atoms with Crippen molar-refractivity contribution in [3.05, 3.63) is 14.7 Å². The van der Waals surface area contributed by atoms with Crippen LogP contribution in [-0.4, -0.2) is 38.2 Å². The Balaban J connectivity index is 1.81. The van der Waals surface area contributed by atoms with Gasteiger partial charge in [-0.3, -0.25) is 0 Å². The van der Waals surface area contributed by atoms with Gasteiger partial charge in [0.15, 0.2) is 0 Å². The second-order valence-corrected chi connectivity index (χ2v) is 9.30. The summed E-state index contributed by atoms with van der Waals surface area (Å²) in [6, 6.07) is 0.948. The Labute approximate surface area is 134 Å². The van der Waals surface area contributed by atoms with Crippen LogP contribution in [0.1, 0.15) is 28.9 Å². The highest BCUT2D eigenvalue weighted by atomic mass is 79.9. The Kier molecular flexibility index (Phi) is 4.12. The second-order valence-electron chi connectivity index (χ2n) is 5.24. The monoisotopic (exact) mass is 395 g/mol. The molecule has 1 aromatic heterocycles. The number of aromatic carboxylic acids is 1. The van der Waals surface area contributed by atoms with E-state index in [4.69, 9.17) is 9.84 Å². The third-order valence-electron chi connectivity index (χ3n) is 3.68. The maximum absolute atomic E-state index is 12.5. The molecule has 21 heavy (non-hydrogen) atoms. The summed E-state index contributed by atoms with van der Waals surface area (Å²) < 4.78 is 33.5. The first kappa shape index (κ1) is 15.4. The molecule has 2 fully saturated rings. The number of nitrogens with one attached hydrogen (secondary N) is 1. The molecule has 6 nitrogen and oxygen atoms in total. The van der Waals surface area contributed by atoms with Crippen LogP contribution in [-0.2, 0) is 14.8 Å². The van der Waals surface area contributed by atoms with E-state index in [9.17, 15) is 13.2 Å². The fraction of sp³-hybridized carbons (Fsp3) is 0.583. The lowest BCUT2D eigenvalue weighted by atomic mass is 10.1. The molecule has 1 aliphatic heterocycles. The fourth-order valence-electron chi connectivity index (χ4n) is 2.53. The Hall–Kier alpha value is -0.480. The minimum Gasteiger partial charge on any atom is -0.477 e. The molecule has 3 rings (SSSR count). The summed E-state index contributed by atoms with van der Waals surface area (Å²) in [5.74, 6) is -0.692. The van der Waals surface area contributed by atoms with Crippen molar-refractivity contribution in [3.8, 4) is 0 Å². The Bertz CT molecular complexity index is 667. The molecule has 1 saturated carbocycles. The molecule has 9 heteroatoms. The highest BCUT2D eigenvalue weighted by molar-refractivity contribution is 9.11. The summed E-state index contributed by atoms with van der Waals surface area (Å²) in [5, 5.41) is 8.95. The fourth-order valence-corrected chi connectivity index (χ4v) is 6.21. The number of thiophene rings is 1. The van der Waals surface area contributed by atoms with Gasteiger partial charge in [-0.2, -0.15) is 0 Å². The van der Waals surface area contributed by atoms with Crippen LogP contribution in [0.2, 0.25) is 0 Å². The van der Waals surface area contributed by atoms with Crippen LogP contribution in [0.25, 0.3) is 0 Å². The van der Waals surface area contributed by atoms with Gasteiger partial charge in [-0.25, -0.2) is 17.9 Å². The summed E-state index contributed by atoms with van der Waals surface area (Å²) >= 11 is 4.03. The number of rotatable bonds is 5. The number of hydrogen-bond acceptors (Lipinski definition) is 5. The lowest BCUT2D eigenvalue weighted by Crippen LogP contribution is -2.41. The Morgan fingerprint density at radius 2 is 2.14 bits per heavy atom. The van der Waals surface area contributed by atoms with Crippen LogP contribution in [0.15, 0.2) is 14.7 Å². The quantitative estimate of drug-likeness (QED) is 0.795. The van der Waals surface area contributed by atoms with Crippen LogP contribution >= 0.6 is 27.3 Å². The molecule has 0 aromatic carbocycles. The minimum absolute atomic E-state index is 0.0105. The molecule has 2 heterocycles. The highest BCUT2D eigenvalue weighted by Gasteiger charge is 2.42. The predicted molar refractivity (Wildman–Crippen MR) is 80.2 cm³/mol. The molecule has 0 amide bonds. The number of halogens is 1. The average Bonchev–Trinajstić information content (AvgIpc) is 3.00. The van der Waals surface area contributed by atoms with Crippen LogP contribution in [0.4, 0.5) is 0 Å². The molecule has 1 saturated heterocycles. The van der Waals surface area contributed by atoms with Crippen molar-refractivity contribution >= 4 is 43.3 Å². The van der Waals surface area contributed by atoms with Crippen molar-refractivity contribution in [2.75, 3.05) is 6.61 Å². The summed E-state index contributed by atoms with van der Waals surface area (Å²) in [4.78, 5) is 10.9. The third kappa shape index (κ3) is 3.16. The van der Waals surface area contributed by atoms with Gasteiger partial charge in [-0.1, -0.05) is 0 Å². The molecule has 2 N–H and O–H groups in total. The second kappa shape index (κ2) is 5.62. The number of carbonyl (C=O) groups is 1. The Morgan fingerprint density at radius 1 is 1.43 bits per heavy atom. The molecular weight excluding hydrogens is 382 g/mol. The van der Waals surface area contributed by atoms with Crippen molar-refractivity contribution in [2.45, 2.75) is 36.3 Å². The third-order valence-corrected chi connectivity index (χ3v) is 7.41. The molecule has 116 valence electrons. The summed E-state index contributed by atoms with van der Waals surface area (Å²) in [6.45, 7) is 0.555. The number of hydrogen-bond donors (Lipinski definition) is 2. The highest BCUT2D eigenvalue weighted by Crippen LogP contribution is 2.39. The average molecular weight is 396 g/mol. The van der Waals surface area contributed by atoms with Crippen LogP contribution in [0.5, 0.6) is 0 Å². The van der Waals surface area contributed by atoms with Gasteiger partial charge in [0.2, 0.25) is 10.0 Å². The zero-order chi connectivity index (χ0) is 15.2. The van der Waals surface area contributed by atoms with Crippen molar-refractivity contribution < 1.29 is 23.1 Å². The van der Waals surface area contributed by atoms with E-state index in [1.54, 1.807) is 0 Å². The number of carboxylic acids is 1. The van der Waals surface area contributed by atoms with Gasteiger partial charge < -0.3 is 9.84 Å². The first-order valence-electron chi connectivity index (χ1n) is 6.55. The van der Waals surface area contributed by atoms with Crippen molar-refractivity contribution in [3.63, 3.8) is 0 Å². The van der Waals surface area contributed by atoms with Gasteiger partial charge in [-0.15, -0.1) is 11.3 Å². The maximum atomic E-state index is 12.5. The SMILES string of the molecule is O=C(O)c1cc(S(=O)(=O)NC2CCOC2C2CC2)c(Br)s1.